The zero-order chi connectivity index (χ0) is 17.4. The molecule has 2 atom stereocenters. The van der Waals surface area contributed by atoms with Crippen molar-refractivity contribution in [2.45, 2.75) is 48.8 Å². The molecule has 5 rings (SSSR count). The van der Waals surface area contributed by atoms with Crippen molar-refractivity contribution in [2.24, 2.45) is 5.92 Å². The fraction of sp³-hybridized carbons (Fsp3) is 0.450. The molecule has 132 valence electrons. The summed E-state index contributed by atoms with van der Waals surface area (Å²) in [7, 11) is 0. The number of aryl methyl sites for hydroxylation is 1. The van der Waals surface area contributed by atoms with Gasteiger partial charge in [0.2, 0.25) is 0 Å². The number of nitrogens with zero attached hydrogens (tertiary/aromatic N) is 1. The molecular weight excluding hydrogens is 332 g/mol. The van der Waals surface area contributed by atoms with E-state index < -0.39 is 0 Å². The van der Waals surface area contributed by atoms with Gasteiger partial charge in [0.1, 0.15) is 5.76 Å². The van der Waals surface area contributed by atoms with Crippen LogP contribution in [0, 0.1) is 12.8 Å². The van der Waals surface area contributed by atoms with Crippen molar-refractivity contribution < 1.29 is 9.21 Å². The van der Waals surface area contributed by atoms with E-state index in [1.807, 2.05) is 43.3 Å². The van der Waals surface area contributed by atoms with Crippen LogP contribution in [0.25, 0.3) is 0 Å². The number of hydrogen-bond donors (Lipinski definition) is 1. The van der Waals surface area contributed by atoms with Gasteiger partial charge in [0.05, 0.1) is 0 Å². The van der Waals surface area contributed by atoms with Crippen LogP contribution in [0.3, 0.4) is 0 Å². The average molecular weight is 356 g/mol. The van der Waals surface area contributed by atoms with Gasteiger partial charge in [0, 0.05) is 22.5 Å². The van der Waals surface area contributed by atoms with Gasteiger partial charge in [-0.05, 0) is 82.1 Å². The molecule has 4 nitrogen and oxygen atoms in total. The van der Waals surface area contributed by atoms with Gasteiger partial charge in [-0.1, -0.05) is 11.8 Å². The highest BCUT2D eigenvalue weighted by atomic mass is 32.2. The van der Waals surface area contributed by atoms with Crippen molar-refractivity contribution in [1.29, 1.82) is 0 Å². The van der Waals surface area contributed by atoms with Crippen molar-refractivity contribution in [1.82, 2.24) is 10.2 Å². The Bertz CT molecular complexity index is 745. The van der Waals surface area contributed by atoms with Gasteiger partial charge in [-0.2, -0.15) is 0 Å². The Kier molecular flexibility index (Phi) is 4.61. The van der Waals surface area contributed by atoms with E-state index in [1.165, 1.54) is 25.9 Å². The molecule has 0 aliphatic carbocycles. The highest BCUT2D eigenvalue weighted by Crippen LogP contribution is 2.32. The normalized spacial score (nSPS) is 28.1. The molecular formula is C20H24N2O2S. The maximum Gasteiger partial charge on any atom is 0.251 e. The number of carbonyl (C=O) groups is 1. The molecule has 1 aromatic carbocycles. The SMILES string of the molecule is Cc1ccc(Sc2ccc(C(=O)N[C@@H]3C4CCN(CC4)[C@H]3C)cc2)o1. The van der Waals surface area contributed by atoms with Gasteiger partial charge < -0.3 is 9.73 Å². The minimum atomic E-state index is 0.0380. The Morgan fingerprint density at radius 3 is 2.48 bits per heavy atom. The van der Waals surface area contributed by atoms with E-state index >= 15 is 0 Å². The Morgan fingerprint density at radius 2 is 1.88 bits per heavy atom. The molecule has 0 radical (unpaired) electrons. The molecule has 3 fully saturated rings. The number of amides is 1. The van der Waals surface area contributed by atoms with Crippen molar-refractivity contribution in [3.05, 3.63) is 47.7 Å². The van der Waals surface area contributed by atoms with E-state index in [2.05, 4.69) is 17.1 Å². The fourth-order valence-electron chi connectivity index (χ4n) is 4.04. The highest BCUT2D eigenvalue weighted by Gasteiger charge is 2.40. The van der Waals surface area contributed by atoms with Crippen LogP contribution in [0.5, 0.6) is 0 Å². The van der Waals surface area contributed by atoms with Gasteiger partial charge in [-0.15, -0.1) is 0 Å². The van der Waals surface area contributed by atoms with Crippen LogP contribution in [-0.2, 0) is 0 Å². The minimum Gasteiger partial charge on any atom is -0.455 e. The van der Waals surface area contributed by atoms with Gasteiger partial charge in [-0.3, -0.25) is 9.69 Å². The first-order valence-electron chi connectivity index (χ1n) is 8.99. The predicted molar refractivity (Wildman–Crippen MR) is 99.0 cm³/mol. The lowest BCUT2D eigenvalue weighted by Crippen LogP contribution is -2.62. The predicted octanol–water partition coefficient (Wildman–Crippen LogP) is 3.95. The fourth-order valence-corrected chi connectivity index (χ4v) is 4.85. The van der Waals surface area contributed by atoms with Gasteiger partial charge in [0.15, 0.2) is 5.09 Å². The van der Waals surface area contributed by atoms with Crippen LogP contribution < -0.4 is 5.32 Å². The molecule has 1 aromatic heterocycles. The summed E-state index contributed by atoms with van der Waals surface area (Å²) in [5.41, 5.74) is 0.726. The molecule has 3 aliphatic heterocycles. The molecule has 3 saturated heterocycles. The lowest BCUT2D eigenvalue weighted by molar-refractivity contribution is 0.0217. The summed E-state index contributed by atoms with van der Waals surface area (Å²) >= 11 is 1.57. The minimum absolute atomic E-state index is 0.0380. The Balaban J connectivity index is 1.40. The molecule has 1 amide bonds. The third kappa shape index (κ3) is 3.48. The number of fused-ring (bicyclic) bond motifs is 3. The van der Waals surface area contributed by atoms with E-state index in [-0.39, 0.29) is 11.9 Å². The topological polar surface area (TPSA) is 45.5 Å². The quantitative estimate of drug-likeness (QED) is 0.901. The zero-order valence-electron chi connectivity index (χ0n) is 14.7. The summed E-state index contributed by atoms with van der Waals surface area (Å²) in [6.07, 6.45) is 2.40. The van der Waals surface area contributed by atoms with Crippen LogP contribution in [0.4, 0.5) is 0 Å². The van der Waals surface area contributed by atoms with Crippen LogP contribution in [0.2, 0.25) is 0 Å². The maximum absolute atomic E-state index is 12.7. The number of hydrogen-bond acceptors (Lipinski definition) is 4. The second-order valence-corrected chi connectivity index (χ2v) is 8.18. The van der Waals surface area contributed by atoms with Crippen LogP contribution >= 0.6 is 11.8 Å². The van der Waals surface area contributed by atoms with Crippen molar-refractivity contribution >= 4 is 17.7 Å². The number of furan rings is 1. The van der Waals surface area contributed by atoms with E-state index in [0.717, 1.165) is 21.3 Å². The first-order chi connectivity index (χ1) is 12.1. The third-order valence-corrected chi connectivity index (χ3v) is 6.45. The second kappa shape index (κ2) is 6.89. The molecule has 0 saturated carbocycles. The molecule has 5 heteroatoms. The number of piperidine rings is 3. The molecule has 1 N–H and O–H groups in total. The molecule has 0 spiro atoms. The Hall–Kier alpha value is -1.72. The van der Waals surface area contributed by atoms with Crippen molar-refractivity contribution in [2.75, 3.05) is 13.1 Å². The molecule has 2 bridgehead atoms. The maximum atomic E-state index is 12.7. The van der Waals surface area contributed by atoms with Gasteiger partial charge in [-0.25, -0.2) is 0 Å². The van der Waals surface area contributed by atoms with Crippen LogP contribution in [-0.4, -0.2) is 36.0 Å². The smallest absolute Gasteiger partial charge is 0.251 e. The summed E-state index contributed by atoms with van der Waals surface area (Å²) in [6, 6.07) is 12.4. The van der Waals surface area contributed by atoms with Gasteiger partial charge in [0.25, 0.3) is 5.91 Å². The van der Waals surface area contributed by atoms with E-state index in [4.69, 9.17) is 4.42 Å². The monoisotopic (exact) mass is 356 g/mol. The largest absolute Gasteiger partial charge is 0.455 e. The van der Waals surface area contributed by atoms with Crippen molar-refractivity contribution in [3.63, 3.8) is 0 Å². The molecule has 4 heterocycles. The average Bonchev–Trinajstić information content (AvgIpc) is 3.04. The first kappa shape index (κ1) is 16.7. The Morgan fingerprint density at radius 1 is 1.16 bits per heavy atom. The number of carbonyl (C=O) groups excluding carboxylic acids is 1. The summed E-state index contributed by atoms with van der Waals surface area (Å²) in [5.74, 6) is 1.57. The highest BCUT2D eigenvalue weighted by molar-refractivity contribution is 7.99. The van der Waals surface area contributed by atoms with E-state index in [1.54, 1.807) is 11.8 Å². The molecule has 2 aromatic rings. The lowest BCUT2D eigenvalue weighted by Gasteiger charge is -2.49. The summed E-state index contributed by atoms with van der Waals surface area (Å²) < 4.78 is 5.58. The van der Waals surface area contributed by atoms with Crippen molar-refractivity contribution in [3.8, 4) is 0 Å². The second-order valence-electron chi connectivity index (χ2n) is 7.10. The third-order valence-electron chi connectivity index (χ3n) is 5.53. The lowest BCUT2D eigenvalue weighted by atomic mass is 9.79. The number of nitrogens with one attached hydrogen (secondary N) is 1. The van der Waals surface area contributed by atoms with Gasteiger partial charge >= 0.3 is 0 Å². The standard InChI is InChI=1S/C20H24N2O2S/c1-13-3-8-18(24-13)25-17-6-4-16(5-7-17)20(23)21-19-14(2)22-11-9-15(19)10-12-22/h3-8,14-15,19H,9-12H2,1-2H3,(H,21,23)/t14-,19-/m0/s1. The molecule has 25 heavy (non-hydrogen) atoms. The molecule has 0 unspecified atom stereocenters. The number of benzene rings is 1. The summed E-state index contributed by atoms with van der Waals surface area (Å²) in [6.45, 7) is 6.53. The van der Waals surface area contributed by atoms with Crippen LogP contribution in [0.15, 0.2) is 50.8 Å². The van der Waals surface area contributed by atoms with E-state index in [0.29, 0.717) is 12.0 Å². The molecule has 3 aliphatic rings. The van der Waals surface area contributed by atoms with Crippen LogP contribution in [0.1, 0.15) is 35.9 Å². The first-order valence-corrected chi connectivity index (χ1v) is 9.81. The van der Waals surface area contributed by atoms with E-state index in [9.17, 15) is 4.79 Å². The zero-order valence-corrected chi connectivity index (χ0v) is 15.5. The number of rotatable bonds is 4. The Labute approximate surface area is 153 Å². The summed E-state index contributed by atoms with van der Waals surface area (Å²) in [5, 5.41) is 4.15. The summed E-state index contributed by atoms with van der Waals surface area (Å²) in [4.78, 5) is 16.2.